The summed E-state index contributed by atoms with van der Waals surface area (Å²) in [6.45, 7) is 0. The summed E-state index contributed by atoms with van der Waals surface area (Å²) < 4.78 is 13.0. The van der Waals surface area contributed by atoms with Crippen LogP contribution in [0.25, 0.3) is 0 Å². The van der Waals surface area contributed by atoms with E-state index < -0.39 is 11.9 Å². The molecule has 0 saturated heterocycles. The summed E-state index contributed by atoms with van der Waals surface area (Å²) in [6, 6.07) is 11.0. The average molecular weight is 271 g/mol. The summed E-state index contributed by atoms with van der Waals surface area (Å²) in [5, 5.41) is 10.6. The van der Waals surface area contributed by atoms with Gasteiger partial charge in [-0.25, -0.2) is 4.39 Å². The van der Waals surface area contributed by atoms with Crippen molar-refractivity contribution in [2.75, 3.05) is 0 Å². The number of hydrogen-bond acceptors (Lipinski definition) is 1. The van der Waals surface area contributed by atoms with Gasteiger partial charge in [0.05, 0.1) is 5.02 Å². The van der Waals surface area contributed by atoms with Gasteiger partial charge in [0.15, 0.2) is 0 Å². The van der Waals surface area contributed by atoms with Crippen LogP contribution in [0, 0.1) is 5.82 Å². The molecular weight excluding hydrogens is 262 g/mol. The zero-order valence-electron chi connectivity index (χ0n) is 8.70. The third-order valence-corrected chi connectivity index (χ3v) is 2.95. The maximum Gasteiger partial charge on any atom is 0.141 e. The fourth-order valence-corrected chi connectivity index (χ4v) is 1.94. The van der Waals surface area contributed by atoms with Crippen molar-refractivity contribution in [3.63, 3.8) is 0 Å². The van der Waals surface area contributed by atoms with E-state index in [4.69, 9.17) is 23.2 Å². The zero-order valence-corrected chi connectivity index (χ0v) is 10.2. The lowest BCUT2D eigenvalue weighted by Crippen LogP contribution is -1.99. The molecule has 2 aromatic carbocycles. The van der Waals surface area contributed by atoms with Crippen LogP contribution in [0.15, 0.2) is 42.5 Å². The summed E-state index contributed by atoms with van der Waals surface area (Å²) in [6.07, 6.45) is -0.869. The van der Waals surface area contributed by atoms with E-state index in [-0.39, 0.29) is 5.02 Å². The average Bonchev–Trinajstić information content (AvgIpc) is 2.32. The number of aliphatic hydroxyl groups excluding tert-OH is 1. The van der Waals surface area contributed by atoms with Crippen LogP contribution in [0.2, 0.25) is 10.0 Å². The van der Waals surface area contributed by atoms with Gasteiger partial charge in [-0.1, -0.05) is 41.4 Å². The highest BCUT2D eigenvalue weighted by Gasteiger charge is 2.12. The van der Waals surface area contributed by atoms with Crippen LogP contribution in [0.3, 0.4) is 0 Å². The number of hydrogen-bond donors (Lipinski definition) is 1. The van der Waals surface area contributed by atoms with E-state index in [1.165, 1.54) is 18.2 Å². The first-order valence-corrected chi connectivity index (χ1v) is 5.72. The van der Waals surface area contributed by atoms with Gasteiger partial charge in [-0.05, 0) is 35.4 Å². The van der Waals surface area contributed by atoms with Crippen LogP contribution >= 0.6 is 23.2 Å². The minimum Gasteiger partial charge on any atom is -0.384 e. The fourth-order valence-electron chi connectivity index (χ4n) is 1.55. The van der Waals surface area contributed by atoms with Crippen LogP contribution in [-0.4, -0.2) is 5.11 Å². The normalized spacial score (nSPS) is 12.5. The Balaban J connectivity index is 2.36. The summed E-state index contributed by atoms with van der Waals surface area (Å²) in [7, 11) is 0. The topological polar surface area (TPSA) is 20.2 Å². The molecule has 0 fully saturated rings. The molecule has 0 aromatic heterocycles. The van der Waals surface area contributed by atoms with Crippen LogP contribution in [0.1, 0.15) is 17.2 Å². The summed E-state index contributed by atoms with van der Waals surface area (Å²) in [5.74, 6) is -0.506. The van der Waals surface area contributed by atoms with Crippen LogP contribution in [-0.2, 0) is 0 Å². The lowest BCUT2D eigenvalue weighted by Gasteiger charge is -2.12. The van der Waals surface area contributed by atoms with Gasteiger partial charge in [-0.3, -0.25) is 0 Å². The van der Waals surface area contributed by atoms with E-state index in [1.807, 2.05) is 0 Å². The smallest absolute Gasteiger partial charge is 0.141 e. The summed E-state index contributed by atoms with van der Waals surface area (Å²) in [5.41, 5.74) is 1.17. The van der Waals surface area contributed by atoms with E-state index in [1.54, 1.807) is 24.3 Å². The fraction of sp³-hybridized carbons (Fsp3) is 0.0769. The second-order valence-corrected chi connectivity index (χ2v) is 4.47. The van der Waals surface area contributed by atoms with E-state index in [9.17, 15) is 9.50 Å². The Hall–Kier alpha value is -1.09. The Labute approximate surface area is 108 Å². The van der Waals surface area contributed by atoms with E-state index in [0.717, 1.165) is 0 Å². The molecule has 0 aliphatic rings. The predicted molar refractivity (Wildman–Crippen MR) is 66.9 cm³/mol. The summed E-state index contributed by atoms with van der Waals surface area (Å²) >= 11 is 11.5. The minimum absolute atomic E-state index is 0.0106. The molecule has 0 amide bonds. The van der Waals surface area contributed by atoms with Crippen molar-refractivity contribution < 1.29 is 9.50 Å². The third-order valence-electron chi connectivity index (χ3n) is 2.42. The van der Waals surface area contributed by atoms with Crippen molar-refractivity contribution in [1.29, 1.82) is 0 Å². The molecule has 1 N–H and O–H groups in total. The highest BCUT2D eigenvalue weighted by Crippen LogP contribution is 2.27. The Morgan fingerprint density at radius 3 is 2.35 bits per heavy atom. The van der Waals surface area contributed by atoms with Crippen molar-refractivity contribution in [1.82, 2.24) is 0 Å². The van der Waals surface area contributed by atoms with Gasteiger partial charge in [0.2, 0.25) is 0 Å². The van der Waals surface area contributed by atoms with E-state index in [2.05, 4.69) is 0 Å². The van der Waals surface area contributed by atoms with Crippen molar-refractivity contribution >= 4 is 23.2 Å². The van der Waals surface area contributed by atoms with Gasteiger partial charge >= 0.3 is 0 Å². The van der Waals surface area contributed by atoms with Gasteiger partial charge in [-0.15, -0.1) is 0 Å². The van der Waals surface area contributed by atoms with Gasteiger partial charge in [0.1, 0.15) is 11.9 Å². The molecule has 1 unspecified atom stereocenters. The standard InChI is InChI=1S/C13H9Cl2FO/c14-10-3-1-2-8(6-10)13(17)9-4-5-12(16)11(15)7-9/h1-7,13,17H. The maximum atomic E-state index is 13.0. The second-order valence-electron chi connectivity index (χ2n) is 3.63. The number of aliphatic hydroxyl groups is 1. The lowest BCUT2D eigenvalue weighted by molar-refractivity contribution is 0.220. The first-order chi connectivity index (χ1) is 8.08. The molecule has 2 aromatic rings. The number of benzene rings is 2. The van der Waals surface area contributed by atoms with Crippen molar-refractivity contribution in [3.05, 3.63) is 69.5 Å². The Morgan fingerprint density at radius 2 is 1.71 bits per heavy atom. The Bertz CT molecular complexity index is 543. The third kappa shape index (κ3) is 2.78. The van der Waals surface area contributed by atoms with Crippen molar-refractivity contribution in [3.8, 4) is 0 Å². The molecule has 0 spiro atoms. The second kappa shape index (κ2) is 5.05. The molecule has 0 aliphatic heterocycles. The SMILES string of the molecule is OC(c1cccc(Cl)c1)c1ccc(F)c(Cl)c1. The molecule has 0 radical (unpaired) electrons. The quantitative estimate of drug-likeness (QED) is 0.867. The van der Waals surface area contributed by atoms with Crippen LogP contribution in [0.4, 0.5) is 4.39 Å². The number of rotatable bonds is 2. The molecule has 4 heteroatoms. The summed E-state index contributed by atoms with van der Waals surface area (Å²) in [4.78, 5) is 0. The molecule has 0 bridgehead atoms. The predicted octanol–water partition coefficient (Wildman–Crippen LogP) is 4.21. The molecule has 2 rings (SSSR count). The Morgan fingerprint density at radius 1 is 1.00 bits per heavy atom. The molecule has 17 heavy (non-hydrogen) atoms. The van der Waals surface area contributed by atoms with Gasteiger partial charge in [0.25, 0.3) is 0 Å². The van der Waals surface area contributed by atoms with Gasteiger partial charge in [-0.2, -0.15) is 0 Å². The molecule has 0 heterocycles. The highest BCUT2D eigenvalue weighted by atomic mass is 35.5. The van der Waals surface area contributed by atoms with Gasteiger partial charge in [0, 0.05) is 5.02 Å². The zero-order chi connectivity index (χ0) is 12.4. The molecular formula is C13H9Cl2FO. The molecule has 0 saturated carbocycles. The largest absolute Gasteiger partial charge is 0.384 e. The monoisotopic (exact) mass is 270 g/mol. The van der Waals surface area contributed by atoms with Crippen LogP contribution in [0.5, 0.6) is 0 Å². The van der Waals surface area contributed by atoms with Crippen molar-refractivity contribution in [2.45, 2.75) is 6.10 Å². The van der Waals surface area contributed by atoms with Crippen molar-refractivity contribution in [2.24, 2.45) is 0 Å². The molecule has 0 aliphatic carbocycles. The minimum atomic E-state index is -0.869. The first-order valence-electron chi connectivity index (χ1n) is 4.96. The first kappa shape index (κ1) is 12.4. The van der Waals surface area contributed by atoms with Crippen LogP contribution < -0.4 is 0 Å². The maximum absolute atomic E-state index is 13.0. The Kier molecular flexibility index (Phi) is 3.67. The lowest BCUT2D eigenvalue weighted by atomic mass is 10.0. The number of halogens is 3. The van der Waals surface area contributed by atoms with E-state index in [0.29, 0.717) is 16.1 Å². The molecule has 1 nitrogen and oxygen atoms in total. The van der Waals surface area contributed by atoms with Gasteiger partial charge < -0.3 is 5.11 Å². The molecule has 1 atom stereocenters. The molecule has 88 valence electrons. The highest BCUT2D eigenvalue weighted by molar-refractivity contribution is 6.31. The van der Waals surface area contributed by atoms with E-state index >= 15 is 0 Å².